The molecule has 2 aliphatic rings. The van der Waals surface area contributed by atoms with Crippen LogP contribution < -0.4 is 4.90 Å². The lowest BCUT2D eigenvalue weighted by molar-refractivity contribution is 0.0985. The second-order valence-corrected chi connectivity index (χ2v) is 8.76. The van der Waals surface area contributed by atoms with Crippen molar-refractivity contribution in [2.24, 2.45) is 0 Å². The highest BCUT2D eigenvalue weighted by molar-refractivity contribution is 7.91. The number of para-hydroxylation sites is 1. The normalized spacial score (nSPS) is 16.3. The number of rotatable bonds is 1. The Morgan fingerprint density at radius 2 is 1.57 bits per heavy atom. The number of carbonyl (C=O) groups is 2. The van der Waals surface area contributed by atoms with Gasteiger partial charge in [-0.25, -0.2) is 8.42 Å². The standard InChI is InChI=1S/C22H15NO4S/c24-21-16-6-2-4-8-19(16)28(26,27)20-13-15(9-10-17(20)21)22(25)23-12-11-14-5-1-3-7-18(14)23/h1-10,13H,11-12H2. The maximum absolute atomic E-state index is 13.1. The third-order valence-corrected chi connectivity index (χ3v) is 7.17. The predicted molar refractivity (Wildman–Crippen MR) is 104 cm³/mol. The van der Waals surface area contributed by atoms with Gasteiger partial charge in [0.2, 0.25) is 9.84 Å². The summed E-state index contributed by atoms with van der Waals surface area (Å²) in [5.41, 5.74) is 2.46. The van der Waals surface area contributed by atoms with Crippen molar-refractivity contribution in [3.8, 4) is 0 Å². The van der Waals surface area contributed by atoms with Crippen LogP contribution in [-0.2, 0) is 16.3 Å². The molecule has 0 aromatic heterocycles. The van der Waals surface area contributed by atoms with Crippen LogP contribution >= 0.6 is 0 Å². The van der Waals surface area contributed by atoms with Crippen molar-refractivity contribution < 1.29 is 18.0 Å². The van der Waals surface area contributed by atoms with Crippen LogP contribution in [0.2, 0.25) is 0 Å². The lowest BCUT2D eigenvalue weighted by Crippen LogP contribution is -2.29. The average molecular weight is 389 g/mol. The molecule has 2 aliphatic heterocycles. The molecule has 0 unspecified atom stereocenters. The van der Waals surface area contributed by atoms with Gasteiger partial charge in [-0.2, -0.15) is 0 Å². The van der Waals surface area contributed by atoms with Crippen molar-refractivity contribution in [2.75, 3.05) is 11.4 Å². The second-order valence-electron chi connectivity index (χ2n) is 6.88. The Hall–Kier alpha value is -3.25. The quantitative estimate of drug-likeness (QED) is 0.501. The molecule has 5 rings (SSSR count). The third-order valence-electron chi connectivity index (χ3n) is 5.32. The molecule has 28 heavy (non-hydrogen) atoms. The molecule has 3 aromatic rings. The van der Waals surface area contributed by atoms with Gasteiger partial charge < -0.3 is 4.90 Å². The van der Waals surface area contributed by atoms with Crippen molar-refractivity contribution in [3.05, 3.63) is 89.0 Å². The zero-order valence-corrected chi connectivity index (χ0v) is 15.6. The molecule has 6 heteroatoms. The molecule has 0 bridgehead atoms. The fourth-order valence-electron chi connectivity index (χ4n) is 3.92. The van der Waals surface area contributed by atoms with Gasteiger partial charge in [-0.05, 0) is 48.4 Å². The number of hydrogen-bond donors (Lipinski definition) is 0. The summed E-state index contributed by atoms with van der Waals surface area (Å²) in [7, 11) is -3.87. The molecule has 1 amide bonds. The summed E-state index contributed by atoms with van der Waals surface area (Å²) >= 11 is 0. The monoisotopic (exact) mass is 389 g/mol. The number of carbonyl (C=O) groups excluding carboxylic acids is 2. The number of sulfone groups is 1. The first-order valence-corrected chi connectivity index (χ1v) is 10.4. The molecule has 3 aromatic carbocycles. The van der Waals surface area contributed by atoms with E-state index in [1.165, 1.54) is 30.3 Å². The van der Waals surface area contributed by atoms with Gasteiger partial charge in [0, 0.05) is 28.9 Å². The summed E-state index contributed by atoms with van der Waals surface area (Å²) in [5.74, 6) is -0.611. The van der Waals surface area contributed by atoms with Crippen LogP contribution in [0, 0.1) is 0 Å². The first kappa shape index (κ1) is 16.9. The molecule has 0 spiro atoms. The second kappa shape index (κ2) is 5.87. The predicted octanol–water partition coefficient (Wildman–Crippen LogP) is 3.27. The molecule has 2 heterocycles. The number of benzene rings is 3. The Morgan fingerprint density at radius 1 is 0.857 bits per heavy atom. The summed E-state index contributed by atoms with van der Waals surface area (Å²) in [4.78, 5) is 27.4. The molecule has 0 saturated carbocycles. The fourth-order valence-corrected chi connectivity index (χ4v) is 5.60. The molecule has 0 atom stereocenters. The van der Waals surface area contributed by atoms with E-state index in [0.29, 0.717) is 6.54 Å². The number of nitrogens with zero attached hydrogens (tertiary/aromatic N) is 1. The van der Waals surface area contributed by atoms with Gasteiger partial charge >= 0.3 is 0 Å². The molecule has 0 fully saturated rings. The van der Waals surface area contributed by atoms with Crippen LogP contribution in [-0.4, -0.2) is 26.7 Å². The first-order valence-electron chi connectivity index (χ1n) is 8.91. The molecule has 0 N–H and O–H groups in total. The van der Waals surface area contributed by atoms with Gasteiger partial charge in [0.15, 0.2) is 5.78 Å². The van der Waals surface area contributed by atoms with Crippen LogP contribution in [0.4, 0.5) is 5.69 Å². The van der Waals surface area contributed by atoms with Gasteiger partial charge in [0.1, 0.15) is 0 Å². The van der Waals surface area contributed by atoms with Gasteiger partial charge in [-0.15, -0.1) is 0 Å². The van der Waals surface area contributed by atoms with Crippen LogP contribution in [0.3, 0.4) is 0 Å². The maximum Gasteiger partial charge on any atom is 0.258 e. The molecule has 5 nitrogen and oxygen atoms in total. The van der Waals surface area contributed by atoms with E-state index >= 15 is 0 Å². The van der Waals surface area contributed by atoms with Crippen LogP contribution in [0.1, 0.15) is 31.8 Å². The largest absolute Gasteiger partial charge is 0.308 e. The van der Waals surface area contributed by atoms with E-state index in [-0.39, 0.29) is 38.2 Å². The van der Waals surface area contributed by atoms with Crippen molar-refractivity contribution in [1.29, 1.82) is 0 Å². The molecule has 138 valence electrons. The van der Waals surface area contributed by atoms with Crippen molar-refractivity contribution in [1.82, 2.24) is 0 Å². The summed E-state index contributed by atoms with van der Waals surface area (Å²) in [6.07, 6.45) is 0.761. The smallest absolute Gasteiger partial charge is 0.258 e. The zero-order chi connectivity index (χ0) is 19.5. The van der Waals surface area contributed by atoms with Crippen molar-refractivity contribution >= 4 is 27.2 Å². The zero-order valence-electron chi connectivity index (χ0n) is 14.8. The fraction of sp³-hybridized carbons (Fsp3) is 0.0909. The van der Waals surface area contributed by atoms with Crippen LogP contribution in [0.5, 0.6) is 0 Å². The molecule has 0 saturated heterocycles. The molecule has 0 aliphatic carbocycles. The van der Waals surface area contributed by atoms with E-state index < -0.39 is 9.84 Å². The van der Waals surface area contributed by atoms with Crippen molar-refractivity contribution in [2.45, 2.75) is 16.2 Å². The minimum absolute atomic E-state index is 0.0105. The van der Waals surface area contributed by atoms with Gasteiger partial charge in [0.25, 0.3) is 5.91 Å². The minimum atomic E-state index is -3.87. The van der Waals surface area contributed by atoms with Crippen LogP contribution in [0.15, 0.2) is 76.5 Å². The average Bonchev–Trinajstić information content (AvgIpc) is 3.15. The minimum Gasteiger partial charge on any atom is -0.308 e. The topological polar surface area (TPSA) is 71.5 Å². The summed E-state index contributed by atoms with van der Waals surface area (Å²) in [6, 6.07) is 18.1. The maximum atomic E-state index is 13.1. The first-order chi connectivity index (χ1) is 13.5. The van der Waals surface area contributed by atoms with Gasteiger partial charge in [-0.3, -0.25) is 9.59 Å². The third kappa shape index (κ3) is 2.28. The Labute approximate surface area is 162 Å². The highest BCUT2D eigenvalue weighted by Gasteiger charge is 2.35. The number of fused-ring (bicyclic) bond motifs is 3. The van der Waals surface area contributed by atoms with E-state index in [1.807, 2.05) is 24.3 Å². The number of amides is 1. The van der Waals surface area contributed by atoms with E-state index in [4.69, 9.17) is 0 Å². The van der Waals surface area contributed by atoms with Crippen molar-refractivity contribution in [3.63, 3.8) is 0 Å². The Balaban J connectivity index is 1.62. The Bertz CT molecular complexity index is 1280. The lowest BCUT2D eigenvalue weighted by atomic mass is 10.0. The Morgan fingerprint density at radius 3 is 2.43 bits per heavy atom. The molecule has 0 radical (unpaired) electrons. The van der Waals surface area contributed by atoms with E-state index in [9.17, 15) is 18.0 Å². The number of ketones is 1. The highest BCUT2D eigenvalue weighted by atomic mass is 32.2. The Kier molecular flexibility index (Phi) is 3.54. The van der Waals surface area contributed by atoms with E-state index in [2.05, 4.69) is 0 Å². The van der Waals surface area contributed by atoms with Gasteiger partial charge in [0.05, 0.1) is 9.79 Å². The van der Waals surface area contributed by atoms with Gasteiger partial charge in [-0.1, -0.05) is 30.3 Å². The van der Waals surface area contributed by atoms with Crippen LogP contribution in [0.25, 0.3) is 0 Å². The van der Waals surface area contributed by atoms with E-state index in [1.54, 1.807) is 17.0 Å². The SMILES string of the molecule is O=C1c2ccccc2S(=O)(=O)c2cc(C(=O)N3CCc4ccccc43)ccc21. The summed E-state index contributed by atoms with van der Waals surface area (Å²) in [6.45, 7) is 0.545. The molecular formula is C22H15NO4S. The van der Waals surface area contributed by atoms with E-state index in [0.717, 1.165) is 17.7 Å². The summed E-state index contributed by atoms with van der Waals surface area (Å²) < 4.78 is 26.1. The highest BCUT2D eigenvalue weighted by Crippen LogP contribution is 2.36. The lowest BCUT2D eigenvalue weighted by Gasteiger charge is -2.21. The summed E-state index contributed by atoms with van der Waals surface area (Å²) in [5, 5.41) is 0. The number of hydrogen-bond acceptors (Lipinski definition) is 4. The molecular weight excluding hydrogens is 374 g/mol. The number of anilines is 1.